The number of nitrogens with zero attached hydrogens (tertiary/aromatic N) is 2. The Balaban J connectivity index is 1.68. The Morgan fingerprint density at radius 1 is 1.28 bits per heavy atom. The van der Waals surface area contributed by atoms with Gasteiger partial charge in [-0.05, 0) is 54.1 Å². The Morgan fingerprint density at radius 3 is 2.88 bits per heavy atom. The molecule has 0 radical (unpaired) electrons. The van der Waals surface area contributed by atoms with Crippen LogP contribution in [0.2, 0.25) is 0 Å². The number of thiophene rings is 1. The maximum atomic E-state index is 11.7. The van der Waals surface area contributed by atoms with Gasteiger partial charge in [0, 0.05) is 17.4 Å². The number of hydrogen-bond donors (Lipinski definition) is 3. The normalized spacial score (nSPS) is 10.6. The maximum absolute atomic E-state index is 11.7. The number of aromatic amines is 1. The molecule has 7 nitrogen and oxygen atoms in total. The molecule has 4 rings (SSSR count). The van der Waals surface area contributed by atoms with E-state index < -0.39 is 0 Å². The second-order valence-corrected chi connectivity index (χ2v) is 8.35. The number of hydrogen-bond acceptors (Lipinski definition) is 7. The van der Waals surface area contributed by atoms with Crippen LogP contribution >= 0.6 is 23.1 Å². The minimum absolute atomic E-state index is 0.287. The first-order valence-electron chi connectivity index (χ1n) is 9.64. The van der Waals surface area contributed by atoms with Gasteiger partial charge in [-0.3, -0.25) is 4.79 Å². The highest BCUT2D eigenvalue weighted by atomic mass is 32.2. The van der Waals surface area contributed by atoms with Crippen LogP contribution in [0, 0.1) is 0 Å². The zero-order valence-corrected chi connectivity index (χ0v) is 19.1. The van der Waals surface area contributed by atoms with Gasteiger partial charge in [0.15, 0.2) is 5.16 Å². The fourth-order valence-electron chi connectivity index (χ4n) is 3.12. The monoisotopic (exact) mass is 463 g/mol. The average Bonchev–Trinajstić information content (AvgIpc) is 3.49. The molecule has 1 aromatic carbocycles. The van der Waals surface area contributed by atoms with Crippen molar-refractivity contribution in [2.24, 2.45) is 0 Å². The minimum atomic E-state index is -0.287. The lowest BCUT2D eigenvalue weighted by Crippen LogP contribution is -2.07. The highest BCUT2D eigenvalue weighted by molar-refractivity contribution is 7.98. The largest absolute Gasteiger partial charge is 0.495 e. The first kappa shape index (κ1) is 21.7. The van der Waals surface area contributed by atoms with Crippen LogP contribution in [0.5, 0.6) is 5.75 Å². The Hall–Kier alpha value is -3.56. The third-order valence-corrected chi connectivity index (χ3v) is 6.06. The molecule has 3 aromatic heterocycles. The van der Waals surface area contributed by atoms with Gasteiger partial charge in [0.2, 0.25) is 5.91 Å². The van der Waals surface area contributed by atoms with E-state index >= 15 is 0 Å². The van der Waals surface area contributed by atoms with Crippen molar-refractivity contribution in [1.82, 2.24) is 15.0 Å². The van der Waals surface area contributed by atoms with Crippen LogP contribution in [0.4, 0.5) is 17.2 Å². The molecule has 0 saturated heterocycles. The van der Waals surface area contributed by atoms with Crippen molar-refractivity contribution in [3.05, 3.63) is 66.7 Å². The molecule has 0 bridgehead atoms. The van der Waals surface area contributed by atoms with E-state index in [1.165, 1.54) is 6.08 Å². The predicted molar refractivity (Wildman–Crippen MR) is 132 cm³/mol. The van der Waals surface area contributed by atoms with Crippen LogP contribution in [0.25, 0.3) is 21.8 Å². The number of ether oxygens (including phenoxy) is 1. The summed E-state index contributed by atoms with van der Waals surface area (Å²) in [7, 11) is 1.59. The van der Waals surface area contributed by atoms with E-state index in [4.69, 9.17) is 9.72 Å². The standard InChI is InChI=1S/C23H21N5O2S2/c1-4-20(29)25-15-7-8-17(30-2)16(13-15)26-19-12-14(9-10-24-19)21-22(18-6-5-11-32-18)28-23(27-21)31-3/h4-13H,1H2,2-3H3,(H,24,26)(H,25,29)(H,27,28). The number of imidazole rings is 1. The maximum Gasteiger partial charge on any atom is 0.247 e. The predicted octanol–water partition coefficient (Wildman–Crippen LogP) is 5.80. The number of aromatic nitrogens is 3. The summed E-state index contributed by atoms with van der Waals surface area (Å²) < 4.78 is 5.46. The summed E-state index contributed by atoms with van der Waals surface area (Å²) >= 11 is 3.22. The first-order chi connectivity index (χ1) is 15.6. The van der Waals surface area contributed by atoms with Crippen LogP contribution in [0.1, 0.15) is 0 Å². The number of rotatable bonds is 8. The van der Waals surface area contributed by atoms with Crippen LogP contribution in [-0.2, 0) is 4.79 Å². The zero-order chi connectivity index (χ0) is 22.5. The fourth-order valence-corrected chi connectivity index (χ4v) is 4.23. The molecule has 0 fully saturated rings. The number of carbonyl (C=O) groups excluding carboxylic acids is 1. The van der Waals surface area contributed by atoms with E-state index in [2.05, 4.69) is 33.2 Å². The van der Waals surface area contributed by atoms with Gasteiger partial charge in [-0.15, -0.1) is 11.3 Å². The molecule has 0 spiro atoms. The van der Waals surface area contributed by atoms with Crippen LogP contribution in [-0.4, -0.2) is 34.2 Å². The lowest BCUT2D eigenvalue weighted by Gasteiger charge is -2.13. The highest BCUT2D eigenvalue weighted by Crippen LogP contribution is 2.36. The number of H-pyrrole nitrogens is 1. The van der Waals surface area contributed by atoms with Gasteiger partial charge in [0.05, 0.1) is 29.1 Å². The zero-order valence-electron chi connectivity index (χ0n) is 17.5. The Labute approximate surface area is 194 Å². The van der Waals surface area contributed by atoms with E-state index in [0.717, 1.165) is 27.0 Å². The molecule has 3 heterocycles. The third-order valence-electron chi connectivity index (χ3n) is 4.59. The van der Waals surface area contributed by atoms with E-state index in [1.54, 1.807) is 54.6 Å². The third kappa shape index (κ3) is 4.68. The minimum Gasteiger partial charge on any atom is -0.495 e. The van der Waals surface area contributed by atoms with Crippen molar-refractivity contribution in [3.63, 3.8) is 0 Å². The molecule has 162 valence electrons. The van der Waals surface area contributed by atoms with E-state index in [1.807, 2.05) is 29.8 Å². The molecular formula is C23H21N5O2S2. The number of methoxy groups -OCH3 is 1. The van der Waals surface area contributed by atoms with Gasteiger partial charge in [0.25, 0.3) is 0 Å². The molecule has 0 unspecified atom stereocenters. The molecule has 9 heteroatoms. The summed E-state index contributed by atoms with van der Waals surface area (Å²) in [5.41, 5.74) is 4.06. The first-order valence-corrected chi connectivity index (χ1v) is 11.7. The Bertz CT molecular complexity index is 1250. The molecule has 3 N–H and O–H groups in total. The smallest absolute Gasteiger partial charge is 0.247 e. The molecule has 0 aliphatic carbocycles. The molecule has 0 aliphatic rings. The van der Waals surface area contributed by atoms with Gasteiger partial charge >= 0.3 is 0 Å². The van der Waals surface area contributed by atoms with Crippen LogP contribution in [0.3, 0.4) is 0 Å². The number of nitrogens with one attached hydrogen (secondary N) is 3. The number of pyridine rings is 1. The lowest BCUT2D eigenvalue weighted by atomic mass is 10.1. The van der Waals surface area contributed by atoms with E-state index in [-0.39, 0.29) is 5.91 Å². The second kappa shape index (κ2) is 9.71. The van der Waals surface area contributed by atoms with Crippen molar-refractivity contribution in [2.75, 3.05) is 24.0 Å². The summed E-state index contributed by atoms with van der Waals surface area (Å²) in [6.07, 6.45) is 4.95. The summed E-state index contributed by atoms with van der Waals surface area (Å²) in [5.74, 6) is 0.960. The highest BCUT2D eigenvalue weighted by Gasteiger charge is 2.16. The molecule has 32 heavy (non-hydrogen) atoms. The van der Waals surface area contributed by atoms with Crippen molar-refractivity contribution in [2.45, 2.75) is 5.16 Å². The summed E-state index contributed by atoms with van der Waals surface area (Å²) in [6.45, 7) is 3.48. The molecule has 0 aliphatic heterocycles. The van der Waals surface area contributed by atoms with Gasteiger partial charge in [-0.25, -0.2) is 9.97 Å². The van der Waals surface area contributed by atoms with Crippen molar-refractivity contribution >= 4 is 46.2 Å². The summed E-state index contributed by atoms with van der Waals surface area (Å²) in [6, 6.07) is 13.3. The van der Waals surface area contributed by atoms with Crippen molar-refractivity contribution < 1.29 is 9.53 Å². The van der Waals surface area contributed by atoms with Gasteiger partial charge in [0.1, 0.15) is 11.6 Å². The fraction of sp³-hybridized carbons (Fsp3) is 0.0870. The van der Waals surface area contributed by atoms with Crippen molar-refractivity contribution in [1.29, 1.82) is 0 Å². The average molecular weight is 464 g/mol. The van der Waals surface area contributed by atoms with E-state index in [0.29, 0.717) is 22.9 Å². The van der Waals surface area contributed by atoms with Crippen LogP contribution < -0.4 is 15.4 Å². The summed E-state index contributed by atoms with van der Waals surface area (Å²) in [4.78, 5) is 25.4. The number of benzene rings is 1. The Kier molecular flexibility index (Phi) is 6.58. The van der Waals surface area contributed by atoms with Crippen LogP contribution in [0.15, 0.2) is 71.9 Å². The van der Waals surface area contributed by atoms with Gasteiger partial charge in [-0.2, -0.15) is 0 Å². The SMILES string of the molecule is C=CC(=O)Nc1ccc(OC)c(Nc2cc(-c3nc(SC)[nH]c3-c3cccs3)ccn2)c1. The topological polar surface area (TPSA) is 91.9 Å². The number of amides is 1. The lowest BCUT2D eigenvalue weighted by molar-refractivity contribution is -0.111. The molecular weight excluding hydrogens is 442 g/mol. The molecule has 0 atom stereocenters. The van der Waals surface area contributed by atoms with E-state index in [9.17, 15) is 4.79 Å². The molecule has 4 aromatic rings. The second-order valence-electron chi connectivity index (χ2n) is 6.61. The van der Waals surface area contributed by atoms with Gasteiger partial charge < -0.3 is 20.4 Å². The Morgan fingerprint density at radius 2 is 2.16 bits per heavy atom. The molecule has 1 amide bonds. The molecule has 0 saturated carbocycles. The number of thioether (sulfide) groups is 1. The number of anilines is 3. The number of carbonyl (C=O) groups is 1. The van der Waals surface area contributed by atoms with Gasteiger partial charge in [-0.1, -0.05) is 24.4 Å². The summed E-state index contributed by atoms with van der Waals surface area (Å²) in [5, 5.41) is 8.93. The quantitative estimate of drug-likeness (QED) is 0.226. The van der Waals surface area contributed by atoms with Crippen molar-refractivity contribution in [3.8, 4) is 27.6 Å².